The molecule has 2 atom stereocenters. The lowest BCUT2D eigenvalue weighted by atomic mass is 9.89. The van der Waals surface area contributed by atoms with Gasteiger partial charge in [0.15, 0.2) is 0 Å². The van der Waals surface area contributed by atoms with Crippen molar-refractivity contribution < 1.29 is 4.39 Å². The van der Waals surface area contributed by atoms with E-state index < -0.39 is 0 Å². The van der Waals surface area contributed by atoms with Gasteiger partial charge in [0.1, 0.15) is 5.82 Å². The molecule has 21 heavy (non-hydrogen) atoms. The highest BCUT2D eigenvalue weighted by Gasteiger charge is 2.32. The standard InChI is InChI=1S/C18H21FN2/c19-17-8-4-5-14(9-17)11-21-12-16(10-20)18(13-21)15-6-2-1-3-7-15/h1-9,16,18H,10-13,20H2/t16-,18+/m1/s1. The van der Waals surface area contributed by atoms with Gasteiger partial charge in [0, 0.05) is 25.6 Å². The third-order valence-corrected chi connectivity index (χ3v) is 4.34. The van der Waals surface area contributed by atoms with Crippen molar-refractivity contribution in [1.29, 1.82) is 0 Å². The first-order valence-electron chi connectivity index (χ1n) is 7.48. The van der Waals surface area contributed by atoms with Crippen molar-refractivity contribution >= 4 is 0 Å². The van der Waals surface area contributed by atoms with Crippen molar-refractivity contribution in [2.75, 3.05) is 19.6 Å². The normalized spacial score (nSPS) is 22.6. The molecule has 0 aromatic heterocycles. The van der Waals surface area contributed by atoms with E-state index in [9.17, 15) is 4.39 Å². The summed E-state index contributed by atoms with van der Waals surface area (Å²) in [6.45, 7) is 3.45. The number of rotatable bonds is 4. The SMILES string of the molecule is NC[C@@H]1CN(Cc2cccc(F)c2)C[C@H]1c1ccccc1. The number of halogens is 1. The molecule has 1 aliphatic rings. The molecule has 1 fully saturated rings. The topological polar surface area (TPSA) is 29.3 Å². The van der Waals surface area contributed by atoms with Crippen LogP contribution < -0.4 is 5.73 Å². The fourth-order valence-corrected chi connectivity index (χ4v) is 3.30. The van der Waals surface area contributed by atoms with Crippen LogP contribution in [-0.4, -0.2) is 24.5 Å². The maximum atomic E-state index is 13.3. The second-order valence-electron chi connectivity index (χ2n) is 5.84. The van der Waals surface area contributed by atoms with Crippen LogP contribution in [0.25, 0.3) is 0 Å². The van der Waals surface area contributed by atoms with Gasteiger partial charge < -0.3 is 5.73 Å². The van der Waals surface area contributed by atoms with Crippen LogP contribution in [0.1, 0.15) is 17.0 Å². The molecule has 0 saturated carbocycles. The lowest BCUT2D eigenvalue weighted by Gasteiger charge is -2.17. The average molecular weight is 284 g/mol. The molecule has 2 aromatic carbocycles. The molecule has 1 heterocycles. The van der Waals surface area contributed by atoms with Crippen molar-refractivity contribution in [2.24, 2.45) is 11.7 Å². The summed E-state index contributed by atoms with van der Waals surface area (Å²) in [7, 11) is 0. The Bertz CT molecular complexity index is 585. The van der Waals surface area contributed by atoms with Crippen LogP contribution in [0.15, 0.2) is 54.6 Å². The van der Waals surface area contributed by atoms with Crippen LogP contribution >= 0.6 is 0 Å². The molecule has 0 spiro atoms. The lowest BCUT2D eigenvalue weighted by Crippen LogP contribution is -2.23. The molecule has 0 radical (unpaired) electrons. The van der Waals surface area contributed by atoms with E-state index in [1.54, 1.807) is 12.1 Å². The molecule has 110 valence electrons. The molecule has 0 amide bonds. The number of likely N-dealkylation sites (tertiary alicyclic amines) is 1. The highest BCUT2D eigenvalue weighted by Crippen LogP contribution is 2.32. The Labute approximate surface area is 125 Å². The molecule has 1 aliphatic heterocycles. The predicted molar refractivity (Wildman–Crippen MR) is 83.4 cm³/mol. The predicted octanol–water partition coefficient (Wildman–Crippen LogP) is 3.00. The Kier molecular flexibility index (Phi) is 4.32. The van der Waals surface area contributed by atoms with Crippen LogP contribution in [-0.2, 0) is 6.54 Å². The summed E-state index contributed by atoms with van der Waals surface area (Å²) in [6, 6.07) is 17.4. The summed E-state index contributed by atoms with van der Waals surface area (Å²) in [5, 5.41) is 0. The van der Waals surface area contributed by atoms with Crippen LogP contribution in [0.5, 0.6) is 0 Å². The smallest absolute Gasteiger partial charge is 0.123 e. The quantitative estimate of drug-likeness (QED) is 0.935. The Morgan fingerprint density at radius 1 is 1.05 bits per heavy atom. The minimum absolute atomic E-state index is 0.165. The van der Waals surface area contributed by atoms with E-state index in [0.29, 0.717) is 18.4 Å². The largest absolute Gasteiger partial charge is 0.330 e. The third-order valence-electron chi connectivity index (χ3n) is 4.34. The molecule has 3 rings (SSSR count). The fraction of sp³-hybridized carbons (Fsp3) is 0.333. The summed E-state index contributed by atoms with van der Waals surface area (Å²) in [5.41, 5.74) is 8.34. The molecule has 0 bridgehead atoms. The summed E-state index contributed by atoms with van der Waals surface area (Å²) in [4.78, 5) is 2.38. The number of hydrogen-bond acceptors (Lipinski definition) is 2. The molecule has 2 aromatic rings. The van der Waals surface area contributed by atoms with Crippen molar-refractivity contribution in [3.63, 3.8) is 0 Å². The van der Waals surface area contributed by atoms with E-state index >= 15 is 0 Å². The van der Waals surface area contributed by atoms with Crippen molar-refractivity contribution in [1.82, 2.24) is 4.90 Å². The van der Waals surface area contributed by atoms with Gasteiger partial charge in [-0.3, -0.25) is 4.90 Å². The number of nitrogens with two attached hydrogens (primary N) is 1. The summed E-state index contributed by atoms with van der Waals surface area (Å²) in [6.07, 6.45) is 0. The van der Waals surface area contributed by atoms with Crippen LogP contribution in [0.4, 0.5) is 4.39 Å². The summed E-state index contributed by atoms with van der Waals surface area (Å²) < 4.78 is 13.3. The second kappa shape index (κ2) is 6.37. The van der Waals surface area contributed by atoms with Gasteiger partial charge in [0.2, 0.25) is 0 Å². The number of benzene rings is 2. The van der Waals surface area contributed by atoms with E-state index in [0.717, 1.165) is 25.2 Å². The van der Waals surface area contributed by atoms with E-state index in [4.69, 9.17) is 5.73 Å². The summed E-state index contributed by atoms with van der Waals surface area (Å²) in [5.74, 6) is 0.785. The van der Waals surface area contributed by atoms with Crippen LogP contribution in [0.3, 0.4) is 0 Å². The van der Waals surface area contributed by atoms with Gasteiger partial charge in [0.05, 0.1) is 0 Å². The first kappa shape index (κ1) is 14.2. The van der Waals surface area contributed by atoms with E-state index in [1.165, 1.54) is 11.6 Å². The van der Waals surface area contributed by atoms with Gasteiger partial charge in [-0.1, -0.05) is 42.5 Å². The van der Waals surface area contributed by atoms with Gasteiger partial charge in [-0.2, -0.15) is 0 Å². The fourth-order valence-electron chi connectivity index (χ4n) is 3.30. The van der Waals surface area contributed by atoms with Gasteiger partial charge in [-0.25, -0.2) is 4.39 Å². The molecule has 1 saturated heterocycles. The molecule has 0 aliphatic carbocycles. The third kappa shape index (κ3) is 3.31. The van der Waals surface area contributed by atoms with Gasteiger partial charge in [-0.05, 0) is 35.7 Å². The molecule has 2 N–H and O–H groups in total. The number of nitrogens with zero attached hydrogens (tertiary/aromatic N) is 1. The zero-order valence-corrected chi connectivity index (χ0v) is 12.1. The molecule has 0 unspecified atom stereocenters. The van der Waals surface area contributed by atoms with E-state index in [-0.39, 0.29) is 5.82 Å². The monoisotopic (exact) mass is 284 g/mol. The Balaban J connectivity index is 1.72. The van der Waals surface area contributed by atoms with Gasteiger partial charge in [-0.15, -0.1) is 0 Å². The van der Waals surface area contributed by atoms with Crippen LogP contribution in [0, 0.1) is 11.7 Å². The van der Waals surface area contributed by atoms with E-state index in [1.807, 2.05) is 12.1 Å². The Morgan fingerprint density at radius 3 is 2.57 bits per heavy atom. The van der Waals surface area contributed by atoms with Gasteiger partial charge in [0.25, 0.3) is 0 Å². The van der Waals surface area contributed by atoms with Crippen molar-refractivity contribution in [2.45, 2.75) is 12.5 Å². The first-order chi connectivity index (χ1) is 10.3. The maximum Gasteiger partial charge on any atom is 0.123 e. The lowest BCUT2D eigenvalue weighted by molar-refractivity contribution is 0.316. The Hall–Kier alpha value is -1.71. The minimum Gasteiger partial charge on any atom is -0.330 e. The van der Waals surface area contributed by atoms with Gasteiger partial charge >= 0.3 is 0 Å². The molecule has 2 nitrogen and oxygen atoms in total. The van der Waals surface area contributed by atoms with Crippen molar-refractivity contribution in [3.8, 4) is 0 Å². The molecular formula is C18H21FN2. The van der Waals surface area contributed by atoms with Crippen LogP contribution in [0.2, 0.25) is 0 Å². The summed E-state index contributed by atoms with van der Waals surface area (Å²) >= 11 is 0. The zero-order valence-electron chi connectivity index (χ0n) is 12.1. The molecule has 3 heteroatoms. The zero-order chi connectivity index (χ0) is 14.7. The van der Waals surface area contributed by atoms with E-state index in [2.05, 4.69) is 29.2 Å². The minimum atomic E-state index is -0.165. The maximum absolute atomic E-state index is 13.3. The van der Waals surface area contributed by atoms with Crippen molar-refractivity contribution in [3.05, 3.63) is 71.5 Å². The average Bonchev–Trinajstić information content (AvgIpc) is 2.91. The second-order valence-corrected chi connectivity index (χ2v) is 5.84. The molecular weight excluding hydrogens is 263 g/mol. The first-order valence-corrected chi connectivity index (χ1v) is 7.48. The number of hydrogen-bond donors (Lipinski definition) is 1. The highest BCUT2D eigenvalue weighted by molar-refractivity contribution is 5.23. The highest BCUT2D eigenvalue weighted by atomic mass is 19.1. The Morgan fingerprint density at radius 2 is 1.86 bits per heavy atom.